The third-order valence-electron chi connectivity index (χ3n) is 3.46. The van der Waals surface area contributed by atoms with Crippen molar-refractivity contribution in [2.45, 2.75) is 20.1 Å². The second-order valence-corrected chi connectivity index (χ2v) is 4.98. The Morgan fingerprint density at radius 1 is 1.17 bits per heavy atom. The van der Waals surface area contributed by atoms with Crippen molar-refractivity contribution < 1.29 is 14.3 Å². The molecule has 0 spiro atoms. The standard InChI is InChI=1S/C18H22N2O3/c1-4-20(16-11-8-12-17(13-16)22-3)14(2)23-18(21)19-15-9-6-5-7-10-15/h5-14H,4H2,1-3H3,(H,19,21). The monoisotopic (exact) mass is 314 g/mol. The molecule has 5 heteroatoms. The first-order valence-corrected chi connectivity index (χ1v) is 7.57. The van der Waals surface area contributed by atoms with E-state index in [0.29, 0.717) is 12.2 Å². The van der Waals surface area contributed by atoms with E-state index in [0.717, 1.165) is 11.4 Å². The Kier molecular flexibility index (Phi) is 5.86. The van der Waals surface area contributed by atoms with Crippen LogP contribution in [0.3, 0.4) is 0 Å². The molecule has 0 saturated heterocycles. The number of rotatable bonds is 6. The van der Waals surface area contributed by atoms with Crippen LogP contribution in [0.15, 0.2) is 54.6 Å². The summed E-state index contributed by atoms with van der Waals surface area (Å²) in [5.41, 5.74) is 1.64. The maximum Gasteiger partial charge on any atom is 0.413 e. The highest BCUT2D eigenvalue weighted by Crippen LogP contribution is 2.23. The summed E-state index contributed by atoms with van der Waals surface area (Å²) in [7, 11) is 1.63. The molecule has 0 aliphatic carbocycles. The van der Waals surface area contributed by atoms with Crippen molar-refractivity contribution in [2.24, 2.45) is 0 Å². The Balaban J connectivity index is 2.01. The minimum absolute atomic E-state index is 0.407. The lowest BCUT2D eigenvalue weighted by atomic mass is 10.2. The molecule has 1 N–H and O–H groups in total. The highest BCUT2D eigenvalue weighted by molar-refractivity contribution is 5.84. The molecule has 1 unspecified atom stereocenters. The Labute approximate surface area is 136 Å². The fraction of sp³-hybridized carbons (Fsp3) is 0.278. The van der Waals surface area contributed by atoms with Gasteiger partial charge in [-0.3, -0.25) is 5.32 Å². The Bertz CT molecular complexity index is 631. The maximum absolute atomic E-state index is 12.0. The van der Waals surface area contributed by atoms with Gasteiger partial charge in [-0.25, -0.2) is 4.79 Å². The van der Waals surface area contributed by atoms with Gasteiger partial charge in [0.2, 0.25) is 0 Å². The van der Waals surface area contributed by atoms with Crippen molar-refractivity contribution in [1.82, 2.24) is 0 Å². The van der Waals surface area contributed by atoms with Gasteiger partial charge >= 0.3 is 6.09 Å². The molecule has 0 radical (unpaired) electrons. The van der Waals surface area contributed by atoms with E-state index in [9.17, 15) is 4.79 Å². The average molecular weight is 314 g/mol. The van der Waals surface area contributed by atoms with Crippen LogP contribution < -0.4 is 15.0 Å². The number of ether oxygens (including phenoxy) is 2. The van der Waals surface area contributed by atoms with Crippen molar-refractivity contribution in [3.05, 3.63) is 54.6 Å². The second kappa shape index (κ2) is 8.08. The number of nitrogens with one attached hydrogen (secondary N) is 1. The third kappa shape index (κ3) is 4.64. The van der Waals surface area contributed by atoms with Crippen molar-refractivity contribution in [1.29, 1.82) is 0 Å². The molecule has 2 aromatic carbocycles. The molecule has 2 rings (SSSR count). The Morgan fingerprint density at radius 3 is 2.57 bits per heavy atom. The molecule has 2 aromatic rings. The summed E-state index contributed by atoms with van der Waals surface area (Å²) in [6.07, 6.45) is -0.888. The smallest absolute Gasteiger partial charge is 0.413 e. The van der Waals surface area contributed by atoms with Crippen LogP contribution in [-0.4, -0.2) is 26.0 Å². The number of amides is 1. The number of anilines is 2. The van der Waals surface area contributed by atoms with E-state index >= 15 is 0 Å². The predicted molar refractivity (Wildman–Crippen MR) is 92.0 cm³/mol. The fourth-order valence-corrected chi connectivity index (χ4v) is 2.33. The quantitative estimate of drug-likeness (QED) is 0.815. The summed E-state index contributed by atoms with van der Waals surface area (Å²) in [5.74, 6) is 0.766. The molecule has 5 nitrogen and oxygen atoms in total. The van der Waals surface area contributed by atoms with Gasteiger partial charge < -0.3 is 14.4 Å². The molecular formula is C18H22N2O3. The second-order valence-electron chi connectivity index (χ2n) is 4.98. The zero-order valence-electron chi connectivity index (χ0n) is 13.7. The molecule has 0 fully saturated rings. The average Bonchev–Trinajstić information content (AvgIpc) is 2.56. The van der Waals surface area contributed by atoms with Crippen molar-refractivity contribution >= 4 is 17.5 Å². The molecule has 1 amide bonds. The van der Waals surface area contributed by atoms with E-state index in [4.69, 9.17) is 9.47 Å². The van der Waals surface area contributed by atoms with Crippen molar-refractivity contribution in [3.63, 3.8) is 0 Å². The molecule has 23 heavy (non-hydrogen) atoms. The van der Waals surface area contributed by atoms with Crippen molar-refractivity contribution in [2.75, 3.05) is 23.9 Å². The van der Waals surface area contributed by atoms with Gasteiger partial charge in [0.1, 0.15) is 5.75 Å². The fourth-order valence-electron chi connectivity index (χ4n) is 2.33. The van der Waals surface area contributed by atoms with Crippen molar-refractivity contribution in [3.8, 4) is 5.75 Å². The van der Waals surface area contributed by atoms with E-state index in [1.165, 1.54) is 0 Å². The van der Waals surface area contributed by atoms with E-state index < -0.39 is 12.3 Å². The number of nitrogens with zero attached hydrogens (tertiary/aromatic N) is 1. The third-order valence-corrected chi connectivity index (χ3v) is 3.46. The molecular weight excluding hydrogens is 292 g/mol. The summed E-state index contributed by atoms with van der Waals surface area (Å²) in [6, 6.07) is 16.9. The van der Waals surface area contributed by atoms with Crippen LogP contribution in [-0.2, 0) is 4.74 Å². The summed E-state index contributed by atoms with van der Waals surface area (Å²) in [6.45, 7) is 4.55. The van der Waals surface area contributed by atoms with Gasteiger partial charge in [0.25, 0.3) is 0 Å². The number of hydrogen-bond donors (Lipinski definition) is 1. The van der Waals surface area contributed by atoms with Gasteiger partial charge in [0.05, 0.1) is 7.11 Å². The molecule has 122 valence electrons. The van der Waals surface area contributed by atoms with Gasteiger partial charge in [0.15, 0.2) is 6.23 Å². The number of hydrogen-bond acceptors (Lipinski definition) is 4. The van der Waals surface area contributed by atoms with Gasteiger partial charge in [-0.2, -0.15) is 0 Å². The van der Waals surface area contributed by atoms with Gasteiger partial charge in [-0.15, -0.1) is 0 Å². The largest absolute Gasteiger partial charge is 0.497 e. The number of carbonyl (C=O) groups is 1. The highest BCUT2D eigenvalue weighted by Gasteiger charge is 2.17. The lowest BCUT2D eigenvalue weighted by Crippen LogP contribution is -2.37. The summed E-state index contributed by atoms with van der Waals surface area (Å²) in [4.78, 5) is 14.0. The predicted octanol–water partition coefficient (Wildman–Crippen LogP) is 4.12. The van der Waals surface area contributed by atoms with Gasteiger partial charge in [0, 0.05) is 24.0 Å². The first-order chi connectivity index (χ1) is 11.1. The molecule has 0 bridgehead atoms. The zero-order chi connectivity index (χ0) is 16.7. The van der Waals surface area contributed by atoms with E-state index in [-0.39, 0.29) is 0 Å². The number of para-hydroxylation sites is 1. The topological polar surface area (TPSA) is 50.8 Å². The Morgan fingerprint density at radius 2 is 1.91 bits per heavy atom. The summed E-state index contributed by atoms with van der Waals surface area (Å²) >= 11 is 0. The Hall–Kier alpha value is -2.69. The number of benzene rings is 2. The molecule has 0 saturated carbocycles. The lowest BCUT2D eigenvalue weighted by molar-refractivity contribution is 0.118. The lowest BCUT2D eigenvalue weighted by Gasteiger charge is -2.29. The number of carbonyl (C=O) groups excluding carboxylic acids is 1. The molecule has 0 heterocycles. The minimum Gasteiger partial charge on any atom is -0.497 e. The number of methoxy groups -OCH3 is 1. The zero-order valence-corrected chi connectivity index (χ0v) is 13.7. The molecule has 0 aliphatic heterocycles. The maximum atomic E-state index is 12.0. The molecule has 0 aliphatic rings. The van der Waals surface area contributed by atoms with E-state index in [1.54, 1.807) is 7.11 Å². The molecule has 0 aromatic heterocycles. The first-order valence-electron chi connectivity index (χ1n) is 7.57. The minimum atomic E-state index is -0.481. The highest BCUT2D eigenvalue weighted by atomic mass is 16.6. The summed E-state index contributed by atoms with van der Waals surface area (Å²) in [5, 5.41) is 2.71. The normalized spacial score (nSPS) is 11.4. The van der Waals surface area contributed by atoms with Crippen LogP contribution in [0.2, 0.25) is 0 Å². The van der Waals surface area contributed by atoms with Gasteiger partial charge in [-0.05, 0) is 38.1 Å². The first kappa shape index (κ1) is 16.7. The van der Waals surface area contributed by atoms with Crippen LogP contribution >= 0.6 is 0 Å². The van der Waals surface area contributed by atoms with E-state index in [2.05, 4.69) is 5.32 Å². The van der Waals surface area contributed by atoms with Crippen LogP contribution in [0.4, 0.5) is 16.2 Å². The van der Waals surface area contributed by atoms with Crippen LogP contribution in [0.25, 0.3) is 0 Å². The SMILES string of the molecule is CCN(c1cccc(OC)c1)C(C)OC(=O)Nc1ccccc1. The van der Waals surface area contributed by atoms with Crippen LogP contribution in [0.5, 0.6) is 5.75 Å². The van der Waals surface area contributed by atoms with Crippen LogP contribution in [0, 0.1) is 0 Å². The van der Waals surface area contributed by atoms with Crippen LogP contribution in [0.1, 0.15) is 13.8 Å². The summed E-state index contributed by atoms with van der Waals surface area (Å²) < 4.78 is 10.7. The van der Waals surface area contributed by atoms with Gasteiger partial charge in [-0.1, -0.05) is 24.3 Å². The molecule has 1 atom stereocenters. The van der Waals surface area contributed by atoms with E-state index in [1.807, 2.05) is 73.3 Å².